The Bertz CT molecular complexity index is 652. The second kappa shape index (κ2) is 4.85. The molecule has 0 saturated carbocycles. The summed E-state index contributed by atoms with van der Waals surface area (Å²) in [6, 6.07) is 8.48. The minimum absolute atomic E-state index is 0.469. The van der Waals surface area contributed by atoms with Crippen LogP contribution in [0.2, 0.25) is 0 Å². The van der Waals surface area contributed by atoms with E-state index in [1.165, 1.54) is 27.1 Å². The monoisotopic (exact) mass is 272 g/mol. The molecule has 106 valence electrons. The van der Waals surface area contributed by atoms with E-state index in [-0.39, 0.29) is 0 Å². The second-order valence-electron chi connectivity index (χ2n) is 5.62. The molecule has 1 aliphatic rings. The van der Waals surface area contributed by atoms with Gasteiger partial charge in [0.1, 0.15) is 0 Å². The largest absolute Gasteiger partial charge is 0.465 e. The molecule has 20 heavy (non-hydrogen) atoms. The normalized spacial score (nSPS) is 16.8. The Morgan fingerprint density at radius 3 is 2.55 bits per heavy atom. The molecule has 1 fully saturated rings. The van der Waals surface area contributed by atoms with Crippen molar-refractivity contribution in [2.24, 2.45) is 7.05 Å². The van der Waals surface area contributed by atoms with Gasteiger partial charge < -0.3 is 14.6 Å². The summed E-state index contributed by atoms with van der Waals surface area (Å²) >= 11 is 0. The van der Waals surface area contributed by atoms with E-state index in [1.807, 2.05) is 0 Å². The van der Waals surface area contributed by atoms with Gasteiger partial charge in [-0.25, -0.2) is 4.79 Å². The van der Waals surface area contributed by atoms with Crippen LogP contribution in [0.1, 0.15) is 30.0 Å². The Balaban J connectivity index is 1.96. The minimum Gasteiger partial charge on any atom is -0.465 e. The molecular weight excluding hydrogens is 252 g/mol. The predicted molar refractivity (Wildman–Crippen MR) is 79.2 cm³/mol. The highest BCUT2D eigenvalue weighted by Gasteiger charge is 2.27. The van der Waals surface area contributed by atoms with Crippen LogP contribution in [0, 0.1) is 6.92 Å². The van der Waals surface area contributed by atoms with Gasteiger partial charge in [-0.15, -0.1) is 0 Å². The standard InChI is InChI=1S/C16H20N2O2/c1-11-15(12-7-9-18(10-8-12)16(19)20)13-5-3-4-6-14(13)17(11)2/h3-6,12H,7-10H2,1-2H3,(H,19,20). The van der Waals surface area contributed by atoms with Gasteiger partial charge in [-0.05, 0) is 37.3 Å². The van der Waals surface area contributed by atoms with Crippen LogP contribution in [-0.4, -0.2) is 33.8 Å². The summed E-state index contributed by atoms with van der Waals surface area (Å²) in [4.78, 5) is 12.5. The molecule has 0 bridgehead atoms. The van der Waals surface area contributed by atoms with Crippen LogP contribution in [0.25, 0.3) is 10.9 Å². The maximum absolute atomic E-state index is 11.0. The third-order valence-corrected chi connectivity index (χ3v) is 4.62. The first-order chi connectivity index (χ1) is 9.59. The van der Waals surface area contributed by atoms with Crippen LogP contribution in [0.3, 0.4) is 0 Å². The number of para-hydroxylation sites is 1. The zero-order valence-electron chi connectivity index (χ0n) is 12.0. The van der Waals surface area contributed by atoms with Gasteiger partial charge in [0, 0.05) is 36.7 Å². The van der Waals surface area contributed by atoms with Crippen molar-refractivity contribution in [2.45, 2.75) is 25.7 Å². The van der Waals surface area contributed by atoms with Crippen LogP contribution in [-0.2, 0) is 7.05 Å². The van der Waals surface area contributed by atoms with Gasteiger partial charge in [-0.3, -0.25) is 0 Å². The van der Waals surface area contributed by atoms with Crippen molar-refractivity contribution >= 4 is 17.0 Å². The van der Waals surface area contributed by atoms with Crippen molar-refractivity contribution in [1.82, 2.24) is 9.47 Å². The Labute approximate surface area is 118 Å². The lowest BCUT2D eigenvalue weighted by Crippen LogP contribution is -2.36. The first-order valence-electron chi connectivity index (χ1n) is 7.11. The molecular formula is C16H20N2O2. The van der Waals surface area contributed by atoms with E-state index in [4.69, 9.17) is 5.11 Å². The Morgan fingerprint density at radius 2 is 1.90 bits per heavy atom. The molecule has 0 unspecified atom stereocenters. The first-order valence-corrected chi connectivity index (χ1v) is 7.11. The number of aromatic nitrogens is 1. The van der Waals surface area contributed by atoms with Crippen molar-refractivity contribution < 1.29 is 9.90 Å². The quantitative estimate of drug-likeness (QED) is 0.865. The average molecular weight is 272 g/mol. The molecule has 2 aromatic rings. The number of hydrogen-bond donors (Lipinski definition) is 1. The Kier molecular flexibility index (Phi) is 3.16. The number of benzene rings is 1. The lowest BCUT2D eigenvalue weighted by Gasteiger charge is -2.30. The second-order valence-corrected chi connectivity index (χ2v) is 5.62. The number of nitrogens with zero attached hydrogens (tertiary/aromatic N) is 2. The van der Waals surface area contributed by atoms with Crippen molar-refractivity contribution in [3.05, 3.63) is 35.5 Å². The summed E-state index contributed by atoms with van der Waals surface area (Å²) < 4.78 is 2.24. The van der Waals surface area contributed by atoms with Gasteiger partial charge in [-0.1, -0.05) is 18.2 Å². The number of amides is 1. The molecule has 3 rings (SSSR count). The number of likely N-dealkylation sites (tertiary alicyclic amines) is 1. The molecule has 2 heterocycles. The van der Waals surface area contributed by atoms with E-state index in [1.54, 1.807) is 0 Å². The molecule has 0 aliphatic carbocycles. The third kappa shape index (κ3) is 1.96. The summed E-state index contributed by atoms with van der Waals surface area (Å²) in [6.45, 7) is 3.45. The van der Waals surface area contributed by atoms with Gasteiger partial charge in [0.2, 0.25) is 0 Å². The summed E-state index contributed by atoms with van der Waals surface area (Å²) in [5, 5.41) is 10.4. The number of carbonyl (C=O) groups is 1. The maximum Gasteiger partial charge on any atom is 0.407 e. The number of hydrogen-bond acceptors (Lipinski definition) is 1. The number of piperidine rings is 1. The molecule has 1 amide bonds. The van der Waals surface area contributed by atoms with Gasteiger partial charge in [0.15, 0.2) is 0 Å². The molecule has 0 radical (unpaired) electrons. The molecule has 1 aliphatic heterocycles. The Hall–Kier alpha value is -1.97. The van der Waals surface area contributed by atoms with Crippen LogP contribution < -0.4 is 0 Å². The van der Waals surface area contributed by atoms with Crippen molar-refractivity contribution in [3.63, 3.8) is 0 Å². The van der Waals surface area contributed by atoms with Crippen LogP contribution >= 0.6 is 0 Å². The van der Waals surface area contributed by atoms with Gasteiger partial charge in [-0.2, -0.15) is 0 Å². The zero-order valence-corrected chi connectivity index (χ0v) is 12.0. The van der Waals surface area contributed by atoms with E-state index >= 15 is 0 Å². The van der Waals surface area contributed by atoms with Gasteiger partial charge in [0.25, 0.3) is 0 Å². The van der Waals surface area contributed by atoms with Crippen molar-refractivity contribution in [3.8, 4) is 0 Å². The molecule has 1 saturated heterocycles. The van der Waals surface area contributed by atoms with Crippen molar-refractivity contribution in [1.29, 1.82) is 0 Å². The smallest absolute Gasteiger partial charge is 0.407 e. The highest BCUT2D eigenvalue weighted by Crippen LogP contribution is 2.36. The fraction of sp³-hybridized carbons (Fsp3) is 0.438. The number of carboxylic acid groups (broad SMARTS) is 1. The topological polar surface area (TPSA) is 45.5 Å². The van der Waals surface area contributed by atoms with Crippen LogP contribution in [0.15, 0.2) is 24.3 Å². The summed E-state index contributed by atoms with van der Waals surface area (Å²) in [7, 11) is 2.10. The molecule has 0 spiro atoms. The average Bonchev–Trinajstić information content (AvgIpc) is 2.72. The molecule has 0 atom stereocenters. The SMILES string of the molecule is Cc1c(C2CCN(C(=O)O)CC2)c2ccccc2n1C. The summed E-state index contributed by atoms with van der Waals surface area (Å²) in [5.41, 5.74) is 3.98. The van der Waals surface area contributed by atoms with Crippen LogP contribution in [0.4, 0.5) is 4.79 Å². The highest BCUT2D eigenvalue weighted by atomic mass is 16.4. The van der Waals surface area contributed by atoms with E-state index in [0.717, 1.165) is 12.8 Å². The fourth-order valence-corrected chi connectivity index (χ4v) is 3.42. The van der Waals surface area contributed by atoms with Gasteiger partial charge >= 0.3 is 6.09 Å². The van der Waals surface area contributed by atoms with Crippen molar-refractivity contribution in [2.75, 3.05) is 13.1 Å². The number of fused-ring (bicyclic) bond motifs is 1. The van der Waals surface area contributed by atoms with E-state index in [0.29, 0.717) is 19.0 Å². The summed E-state index contributed by atoms with van der Waals surface area (Å²) in [5.74, 6) is 0.469. The number of aryl methyl sites for hydroxylation is 1. The maximum atomic E-state index is 11.0. The highest BCUT2D eigenvalue weighted by molar-refractivity contribution is 5.86. The predicted octanol–water partition coefficient (Wildman–Crippen LogP) is 3.34. The Morgan fingerprint density at radius 1 is 1.25 bits per heavy atom. The van der Waals surface area contributed by atoms with E-state index < -0.39 is 6.09 Å². The third-order valence-electron chi connectivity index (χ3n) is 4.62. The molecule has 1 N–H and O–H groups in total. The summed E-state index contributed by atoms with van der Waals surface area (Å²) in [6.07, 6.45) is 1.04. The molecule has 1 aromatic heterocycles. The molecule has 1 aromatic carbocycles. The fourth-order valence-electron chi connectivity index (χ4n) is 3.42. The molecule has 4 nitrogen and oxygen atoms in total. The zero-order chi connectivity index (χ0) is 14.3. The number of rotatable bonds is 1. The van der Waals surface area contributed by atoms with Gasteiger partial charge in [0.05, 0.1) is 0 Å². The lowest BCUT2D eigenvalue weighted by atomic mass is 9.87. The first kappa shape index (κ1) is 13.0. The molecule has 4 heteroatoms. The van der Waals surface area contributed by atoms with E-state index in [2.05, 4.69) is 42.8 Å². The lowest BCUT2D eigenvalue weighted by molar-refractivity contribution is 0.132. The van der Waals surface area contributed by atoms with Crippen LogP contribution in [0.5, 0.6) is 0 Å². The van der Waals surface area contributed by atoms with E-state index in [9.17, 15) is 4.79 Å². The minimum atomic E-state index is -0.793.